The number of unbranched alkanes of at least 4 members (excludes halogenated alkanes) is 29. The Morgan fingerprint density at radius 3 is 1.10 bits per heavy atom. The van der Waals surface area contributed by atoms with Crippen LogP contribution in [0.1, 0.15) is 230 Å². The lowest BCUT2D eigenvalue weighted by Gasteiger charge is -2.19. The van der Waals surface area contributed by atoms with Crippen LogP contribution in [0.15, 0.2) is 30.3 Å². The minimum atomic E-state index is -0.653. The number of carboxylic acid groups (broad SMARTS) is 1. The van der Waals surface area contributed by atoms with E-state index in [-0.39, 0.29) is 5.91 Å². The van der Waals surface area contributed by atoms with E-state index < -0.39 is 5.97 Å². The third-order valence-electron chi connectivity index (χ3n) is 9.68. The van der Waals surface area contributed by atoms with Crippen LogP contribution >= 0.6 is 0 Å². The quantitative estimate of drug-likeness (QED) is 0.0570. The molecular weight excluding hydrogens is 606 g/mol. The Bertz CT molecular complexity index is 814. The number of hydroxylamine groups is 2. The SMILES string of the molecule is CCCCCCCCCCCCCCCCCC(=O)O.CCCCCCCCCCCCCCCCCCN(OC)C(=O)c1ccccc1. The molecule has 0 radical (unpaired) electrons. The number of hydrogen-bond acceptors (Lipinski definition) is 3. The van der Waals surface area contributed by atoms with Crippen LogP contribution < -0.4 is 0 Å². The molecular formula is C44H81NO4. The summed E-state index contributed by atoms with van der Waals surface area (Å²) in [7, 11) is 1.58. The van der Waals surface area contributed by atoms with Gasteiger partial charge in [0.15, 0.2) is 0 Å². The zero-order valence-electron chi connectivity index (χ0n) is 32.8. The molecule has 1 amide bonds. The Hall–Kier alpha value is -1.88. The molecule has 0 fully saturated rings. The predicted octanol–water partition coefficient (Wildman–Crippen LogP) is 14.3. The normalized spacial score (nSPS) is 10.9. The summed E-state index contributed by atoms with van der Waals surface area (Å²) in [5.41, 5.74) is 0.686. The molecule has 0 spiro atoms. The first kappa shape index (κ1) is 47.1. The van der Waals surface area contributed by atoms with Crippen LogP contribution in [-0.2, 0) is 9.63 Å². The van der Waals surface area contributed by atoms with E-state index in [0.717, 1.165) is 19.3 Å². The van der Waals surface area contributed by atoms with Crippen LogP contribution in [0.2, 0.25) is 0 Å². The second-order valence-electron chi connectivity index (χ2n) is 14.4. The van der Waals surface area contributed by atoms with Gasteiger partial charge in [0.25, 0.3) is 5.91 Å². The van der Waals surface area contributed by atoms with Crippen molar-refractivity contribution < 1.29 is 19.5 Å². The highest BCUT2D eigenvalue weighted by Gasteiger charge is 2.14. The summed E-state index contributed by atoms with van der Waals surface area (Å²) in [4.78, 5) is 28.0. The molecule has 1 aromatic carbocycles. The molecule has 1 N–H and O–H groups in total. The number of carbonyl (C=O) groups excluding carboxylic acids is 1. The van der Waals surface area contributed by atoms with E-state index in [0.29, 0.717) is 18.5 Å². The summed E-state index contributed by atoms with van der Waals surface area (Å²) in [5.74, 6) is -0.700. The smallest absolute Gasteiger partial charge is 0.303 e. The molecule has 0 heterocycles. The number of nitrogens with zero attached hydrogens (tertiary/aromatic N) is 1. The van der Waals surface area contributed by atoms with Gasteiger partial charge in [0.1, 0.15) is 0 Å². The van der Waals surface area contributed by atoms with E-state index >= 15 is 0 Å². The Morgan fingerprint density at radius 1 is 0.490 bits per heavy atom. The van der Waals surface area contributed by atoms with Crippen LogP contribution in [0.3, 0.4) is 0 Å². The molecule has 0 saturated carbocycles. The lowest BCUT2D eigenvalue weighted by Crippen LogP contribution is -2.30. The van der Waals surface area contributed by atoms with E-state index in [1.54, 1.807) is 7.11 Å². The molecule has 0 aliphatic carbocycles. The van der Waals surface area contributed by atoms with Gasteiger partial charge in [0.05, 0.1) is 7.11 Å². The van der Waals surface area contributed by atoms with Crippen molar-refractivity contribution in [1.82, 2.24) is 5.06 Å². The highest BCUT2D eigenvalue weighted by Crippen LogP contribution is 2.15. The minimum absolute atomic E-state index is 0.0472. The van der Waals surface area contributed by atoms with E-state index in [4.69, 9.17) is 9.94 Å². The highest BCUT2D eigenvalue weighted by molar-refractivity contribution is 5.93. The molecule has 0 aliphatic heterocycles. The molecule has 0 unspecified atom stereocenters. The fourth-order valence-corrected chi connectivity index (χ4v) is 6.45. The van der Waals surface area contributed by atoms with Crippen molar-refractivity contribution >= 4 is 11.9 Å². The Labute approximate surface area is 304 Å². The van der Waals surface area contributed by atoms with Crippen molar-refractivity contribution in [2.75, 3.05) is 13.7 Å². The molecule has 0 aliphatic rings. The average Bonchev–Trinajstić information content (AvgIpc) is 3.11. The second-order valence-corrected chi connectivity index (χ2v) is 14.4. The molecule has 0 saturated heterocycles. The largest absolute Gasteiger partial charge is 0.481 e. The van der Waals surface area contributed by atoms with E-state index in [2.05, 4.69) is 13.8 Å². The molecule has 49 heavy (non-hydrogen) atoms. The summed E-state index contributed by atoms with van der Waals surface area (Å²) in [5, 5.41) is 10.0. The summed E-state index contributed by atoms with van der Waals surface area (Å²) in [6.45, 7) is 5.22. The predicted molar refractivity (Wildman–Crippen MR) is 211 cm³/mol. The first-order valence-electron chi connectivity index (χ1n) is 21.2. The van der Waals surface area contributed by atoms with Crippen molar-refractivity contribution in [3.63, 3.8) is 0 Å². The lowest BCUT2D eigenvalue weighted by atomic mass is 10.0. The van der Waals surface area contributed by atoms with E-state index in [9.17, 15) is 9.59 Å². The fourth-order valence-electron chi connectivity index (χ4n) is 6.45. The summed E-state index contributed by atoms with van der Waals surface area (Å²) >= 11 is 0. The zero-order valence-corrected chi connectivity index (χ0v) is 32.8. The number of amides is 1. The number of rotatable bonds is 35. The first-order chi connectivity index (χ1) is 24.1. The van der Waals surface area contributed by atoms with Gasteiger partial charge in [-0.1, -0.05) is 218 Å². The van der Waals surface area contributed by atoms with Gasteiger partial charge in [-0.05, 0) is 25.0 Å². The van der Waals surface area contributed by atoms with Crippen LogP contribution in [-0.4, -0.2) is 35.7 Å². The average molecular weight is 688 g/mol. The lowest BCUT2D eigenvalue weighted by molar-refractivity contribution is -0.137. The molecule has 5 heteroatoms. The minimum Gasteiger partial charge on any atom is -0.481 e. The zero-order chi connectivity index (χ0) is 35.9. The molecule has 0 bridgehead atoms. The molecule has 5 nitrogen and oxygen atoms in total. The summed E-state index contributed by atoms with van der Waals surface area (Å²) < 4.78 is 0. The van der Waals surface area contributed by atoms with Crippen molar-refractivity contribution in [3.8, 4) is 0 Å². The molecule has 0 aromatic heterocycles. The van der Waals surface area contributed by atoms with Gasteiger partial charge in [0.2, 0.25) is 0 Å². The Kier molecular flexibility index (Phi) is 37.4. The van der Waals surface area contributed by atoms with Gasteiger partial charge in [-0.2, -0.15) is 0 Å². The standard InChI is InChI=1S/C26H45NO2.C18H36O2/c1-3-4-5-6-7-8-9-10-11-12-13-14-15-16-17-21-24-27(29-2)26(28)25-22-19-18-20-23-25;1-2-3-4-5-6-7-8-9-10-11-12-13-14-15-16-17-18(19)20/h18-20,22-23H,3-17,21,24H2,1-2H3;2-17H2,1H3,(H,19,20). The third kappa shape index (κ3) is 34.4. The molecule has 1 rings (SSSR count). The van der Waals surface area contributed by atoms with Crippen molar-refractivity contribution in [2.45, 2.75) is 219 Å². The maximum atomic E-state index is 12.4. The maximum absolute atomic E-state index is 12.4. The van der Waals surface area contributed by atoms with Crippen LogP contribution in [0.5, 0.6) is 0 Å². The maximum Gasteiger partial charge on any atom is 0.303 e. The second kappa shape index (κ2) is 38.9. The summed E-state index contributed by atoms with van der Waals surface area (Å²) in [6.07, 6.45) is 41.9. The number of carbonyl (C=O) groups is 2. The van der Waals surface area contributed by atoms with Crippen molar-refractivity contribution in [2.24, 2.45) is 0 Å². The number of carboxylic acids is 1. The molecule has 0 atom stereocenters. The van der Waals surface area contributed by atoms with Gasteiger partial charge >= 0.3 is 5.97 Å². The van der Waals surface area contributed by atoms with Crippen molar-refractivity contribution in [3.05, 3.63) is 35.9 Å². The van der Waals surface area contributed by atoms with E-state index in [1.165, 1.54) is 185 Å². The highest BCUT2D eigenvalue weighted by atomic mass is 16.7. The van der Waals surface area contributed by atoms with Crippen LogP contribution in [0.25, 0.3) is 0 Å². The van der Waals surface area contributed by atoms with Crippen LogP contribution in [0, 0.1) is 0 Å². The number of hydrogen-bond donors (Lipinski definition) is 1. The monoisotopic (exact) mass is 688 g/mol. The summed E-state index contributed by atoms with van der Waals surface area (Å²) in [6, 6.07) is 9.36. The first-order valence-corrected chi connectivity index (χ1v) is 21.2. The topological polar surface area (TPSA) is 66.8 Å². The third-order valence-corrected chi connectivity index (χ3v) is 9.68. The van der Waals surface area contributed by atoms with Gasteiger partial charge in [-0.3, -0.25) is 14.4 Å². The molecule has 1 aromatic rings. The van der Waals surface area contributed by atoms with Gasteiger partial charge in [0, 0.05) is 18.5 Å². The molecule has 286 valence electrons. The van der Waals surface area contributed by atoms with Gasteiger partial charge < -0.3 is 5.11 Å². The van der Waals surface area contributed by atoms with Gasteiger partial charge in [-0.25, -0.2) is 5.06 Å². The Morgan fingerprint density at radius 2 is 0.796 bits per heavy atom. The Balaban J connectivity index is 0.00000101. The fraction of sp³-hybridized carbons (Fsp3) is 0.818. The van der Waals surface area contributed by atoms with Gasteiger partial charge in [-0.15, -0.1) is 0 Å². The van der Waals surface area contributed by atoms with Crippen molar-refractivity contribution in [1.29, 1.82) is 0 Å². The van der Waals surface area contributed by atoms with Crippen LogP contribution in [0.4, 0.5) is 0 Å². The number of aliphatic carboxylic acids is 1. The van der Waals surface area contributed by atoms with E-state index in [1.807, 2.05) is 30.3 Å². The number of benzene rings is 1.